The molecule has 2 N–H and O–H groups in total. The zero-order valence-corrected chi connectivity index (χ0v) is 12.7. The molecule has 0 aromatic heterocycles. The fourth-order valence-electron chi connectivity index (χ4n) is 3.03. The summed E-state index contributed by atoms with van der Waals surface area (Å²) in [5, 5.41) is -0.403. The standard InChI is InChI=1S/C13H26FNO2S/c1-12(2,3)13(14,9-15)10-6-5-7-11(8-10)18(4,16)17/h10-11H,5-9,15H2,1-4H3. The summed E-state index contributed by atoms with van der Waals surface area (Å²) in [6.07, 6.45) is 3.81. The van der Waals surface area contributed by atoms with E-state index in [0.29, 0.717) is 12.8 Å². The minimum atomic E-state index is -3.08. The lowest BCUT2D eigenvalue weighted by atomic mass is 9.66. The van der Waals surface area contributed by atoms with E-state index < -0.39 is 26.2 Å². The largest absolute Gasteiger partial charge is 0.327 e. The van der Waals surface area contributed by atoms with E-state index in [1.54, 1.807) is 0 Å². The predicted octanol–water partition coefficient (Wildman–Crippen LogP) is 2.30. The van der Waals surface area contributed by atoms with Crippen LogP contribution in [0.4, 0.5) is 4.39 Å². The molecule has 3 nitrogen and oxygen atoms in total. The highest BCUT2D eigenvalue weighted by Gasteiger charge is 2.49. The smallest absolute Gasteiger partial charge is 0.150 e. The van der Waals surface area contributed by atoms with Gasteiger partial charge in [-0.2, -0.15) is 0 Å². The van der Waals surface area contributed by atoms with Gasteiger partial charge in [0.15, 0.2) is 0 Å². The summed E-state index contributed by atoms with van der Waals surface area (Å²) in [5.41, 5.74) is 3.60. The van der Waals surface area contributed by atoms with Crippen molar-refractivity contribution in [3.8, 4) is 0 Å². The summed E-state index contributed by atoms with van der Waals surface area (Å²) >= 11 is 0. The third-order valence-corrected chi connectivity index (χ3v) is 6.06. The second-order valence-electron chi connectivity index (χ2n) is 6.63. The van der Waals surface area contributed by atoms with Gasteiger partial charge >= 0.3 is 0 Å². The van der Waals surface area contributed by atoms with Gasteiger partial charge in [0.1, 0.15) is 15.5 Å². The van der Waals surface area contributed by atoms with Crippen LogP contribution >= 0.6 is 0 Å². The van der Waals surface area contributed by atoms with E-state index in [0.717, 1.165) is 12.8 Å². The average molecular weight is 279 g/mol. The molecule has 3 unspecified atom stereocenters. The molecule has 1 saturated carbocycles. The number of rotatable bonds is 3. The summed E-state index contributed by atoms with van der Waals surface area (Å²) in [4.78, 5) is 0. The van der Waals surface area contributed by atoms with Gasteiger partial charge in [-0.15, -0.1) is 0 Å². The molecule has 1 aliphatic carbocycles. The van der Waals surface area contributed by atoms with Crippen LogP contribution in [-0.2, 0) is 9.84 Å². The molecule has 0 heterocycles. The van der Waals surface area contributed by atoms with E-state index in [2.05, 4.69) is 0 Å². The maximum atomic E-state index is 15.2. The molecule has 18 heavy (non-hydrogen) atoms. The van der Waals surface area contributed by atoms with Gasteiger partial charge in [0.05, 0.1) is 5.25 Å². The van der Waals surface area contributed by atoms with E-state index in [-0.39, 0.29) is 12.5 Å². The summed E-state index contributed by atoms with van der Waals surface area (Å²) in [6.45, 7) is 5.47. The number of nitrogens with two attached hydrogens (primary N) is 1. The molecular weight excluding hydrogens is 253 g/mol. The van der Waals surface area contributed by atoms with Crippen LogP contribution in [0.1, 0.15) is 46.5 Å². The van der Waals surface area contributed by atoms with Gasteiger partial charge in [-0.1, -0.05) is 27.2 Å². The monoisotopic (exact) mass is 279 g/mol. The van der Waals surface area contributed by atoms with Crippen molar-refractivity contribution in [1.29, 1.82) is 0 Å². The van der Waals surface area contributed by atoms with Crippen molar-refractivity contribution in [1.82, 2.24) is 0 Å². The Balaban J connectivity index is 2.96. The Hall–Kier alpha value is -0.160. The summed E-state index contributed by atoms with van der Waals surface area (Å²) in [5.74, 6) is -0.254. The van der Waals surface area contributed by atoms with Gasteiger partial charge in [0.2, 0.25) is 0 Å². The minimum Gasteiger partial charge on any atom is -0.327 e. The molecule has 3 atom stereocenters. The Kier molecular flexibility index (Phi) is 4.49. The molecule has 5 heteroatoms. The molecule has 1 rings (SSSR count). The van der Waals surface area contributed by atoms with Crippen LogP contribution in [0.3, 0.4) is 0 Å². The third-order valence-electron chi connectivity index (χ3n) is 4.42. The van der Waals surface area contributed by atoms with E-state index in [9.17, 15) is 8.42 Å². The first-order chi connectivity index (χ1) is 8.02. The van der Waals surface area contributed by atoms with Gasteiger partial charge in [-0.3, -0.25) is 0 Å². The SMILES string of the molecule is CC(C)(C)C(F)(CN)C1CCCC(S(C)(=O)=O)C1. The van der Waals surface area contributed by atoms with E-state index in [1.807, 2.05) is 20.8 Å². The van der Waals surface area contributed by atoms with Crippen molar-refractivity contribution in [2.24, 2.45) is 17.1 Å². The van der Waals surface area contributed by atoms with Crippen LogP contribution in [0.5, 0.6) is 0 Å². The Morgan fingerprint density at radius 1 is 1.28 bits per heavy atom. The molecule has 0 aromatic carbocycles. The fraction of sp³-hybridized carbons (Fsp3) is 1.00. The lowest BCUT2D eigenvalue weighted by Crippen LogP contribution is -2.53. The van der Waals surface area contributed by atoms with Crippen LogP contribution < -0.4 is 5.73 Å². The normalized spacial score (nSPS) is 29.9. The number of hydrogen-bond donors (Lipinski definition) is 1. The molecule has 0 amide bonds. The third kappa shape index (κ3) is 3.05. The zero-order chi connectivity index (χ0) is 14.2. The lowest BCUT2D eigenvalue weighted by Gasteiger charge is -2.45. The first kappa shape index (κ1) is 15.9. The summed E-state index contributed by atoms with van der Waals surface area (Å²) in [7, 11) is -3.08. The average Bonchev–Trinajstić information content (AvgIpc) is 2.25. The highest BCUT2D eigenvalue weighted by molar-refractivity contribution is 7.91. The Bertz CT molecular complexity index is 388. The van der Waals surface area contributed by atoms with Crippen LogP contribution in [0, 0.1) is 11.3 Å². The Morgan fingerprint density at radius 3 is 2.22 bits per heavy atom. The van der Waals surface area contributed by atoms with E-state index in [1.165, 1.54) is 6.26 Å². The van der Waals surface area contributed by atoms with Gasteiger partial charge in [-0.25, -0.2) is 12.8 Å². The van der Waals surface area contributed by atoms with Crippen LogP contribution in [-0.4, -0.2) is 32.1 Å². The number of hydrogen-bond acceptors (Lipinski definition) is 3. The second-order valence-corrected chi connectivity index (χ2v) is 8.96. The van der Waals surface area contributed by atoms with Crippen LogP contribution in [0.2, 0.25) is 0 Å². The molecule has 0 aliphatic heterocycles. The predicted molar refractivity (Wildman–Crippen MR) is 72.9 cm³/mol. The van der Waals surface area contributed by atoms with E-state index in [4.69, 9.17) is 5.73 Å². The molecule has 0 saturated heterocycles. The zero-order valence-electron chi connectivity index (χ0n) is 11.9. The number of halogens is 1. The molecule has 1 fully saturated rings. The Morgan fingerprint density at radius 2 is 1.83 bits per heavy atom. The van der Waals surface area contributed by atoms with Crippen molar-refractivity contribution in [2.75, 3.05) is 12.8 Å². The highest BCUT2D eigenvalue weighted by Crippen LogP contribution is 2.46. The summed E-state index contributed by atoms with van der Waals surface area (Å²) < 4.78 is 38.4. The minimum absolute atomic E-state index is 0.0440. The maximum Gasteiger partial charge on any atom is 0.150 e. The van der Waals surface area contributed by atoms with Gasteiger partial charge < -0.3 is 5.73 Å². The number of alkyl halides is 1. The molecule has 108 valence electrons. The van der Waals surface area contributed by atoms with E-state index >= 15 is 4.39 Å². The topological polar surface area (TPSA) is 60.2 Å². The Labute approximate surface area is 110 Å². The van der Waals surface area contributed by atoms with Gasteiger partial charge in [-0.05, 0) is 30.6 Å². The van der Waals surface area contributed by atoms with Crippen LogP contribution in [0.15, 0.2) is 0 Å². The van der Waals surface area contributed by atoms with Crippen LogP contribution in [0.25, 0.3) is 0 Å². The summed E-state index contributed by atoms with van der Waals surface area (Å²) in [6, 6.07) is 0. The second kappa shape index (κ2) is 5.08. The molecule has 0 radical (unpaired) electrons. The van der Waals surface area contributed by atoms with Gasteiger partial charge in [0, 0.05) is 12.8 Å². The van der Waals surface area contributed by atoms with Crippen molar-refractivity contribution < 1.29 is 12.8 Å². The van der Waals surface area contributed by atoms with Crippen molar-refractivity contribution in [3.05, 3.63) is 0 Å². The number of sulfone groups is 1. The van der Waals surface area contributed by atoms with Gasteiger partial charge in [0.25, 0.3) is 0 Å². The maximum absolute atomic E-state index is 15.2. The van der Waals surface area contributed by atoms with Crippen molar-refractivity contribution >= 4 is 9.84 Å². The first-order valence-corrected chi connectivity index (χ1v) is 8.55. The molecule has 0 aromatic rings. The first-order valence-electron chi connectivity index (χ1n) is 6.60. The highest BCUT2D eigenvalue weighted by atomic mass is 32.2. The quantitative estimate of drug-likeness (QED) is 0.862. The molecule has 1 aliphatic rings. The lowest BCUT2D eigenvalue weighted by molar-refractivity contribution is -0.0333. The molecule has 0 spiro atoms. The fourth-order valence-corrected chi connectivity index (χ4v) is 4.21. The van der Waals surface area contributed by atoms with Crippen molar-refractivity contribution in [2.45, 2.75) is 57.4 Å². The van der Waals surface area contributed by atoms with Crippen molar-refractivity contribution in [3.63, 3.8) is 0 Å². The molecular formula is C13H26FNO2S. The molecule has 0 bridgehead atoms.